The van der Waals surface area contributed by atoms with Gasteiger partial charge in [-0.05, 0) is 47.5 Å². The molecule has 1 aromatic heterocycles. The maximum Gasteiger partial charge on any atom is 0.259 e. The van der Waals surface area contributed by atoms with Crippen molar-refractivity contribution in [1.29, 1.82) is 0 Å². The van der Waals surface area contributed by atoms with E-state index in [0.717, 1.165) is 15.7 Å². The molecule has 0 atom stereocenters. The molecule has 2 N–H and O–H groups in total. The van der Waals surface area contributed by atoms with Gasteiger partial charge in [0, 0.05) is 15.2 Å². The monoisotopic (exact) mass is 327 g/mol. The Morgan fingerprint density at radius 1 is 1.44 bits per heavy atom. The van der Waals surface area contributed by atoms with Gasteiger partial charge < -0.3 is 5.32 Å². The Balaban J connectivity index is 2.28. The Bertz CT molecular complexity index is 609. The summed E-state index contributed by atoms with van der Waals surface area (Å²) in [6.45, 7) is 3.69. The summed E-state index contributed by atoms with van der Waals surface area (Å²) >= 11 is 9.43. The molecule has 0 fully saturated rings. The van der Waals surface area contributed by atoms with Gasteiger partial charge in [0.15, 0.2) is 0 Å². The number of carbonyl (C=O) groups is 1. The molecule has 2 rings (SSSR count). The second-order valence-electron chi connectivity index (χ2n) is 3.94. The van der Waals surface area contributed by atoms with Crippen LogP contribution in [0.4, 0.5) is 5.69 Å². The smallest absolute Gasteiger partial charge is 0.259 e. The SMILES string of the molecule is Cc1cc(Br)c(NC(=O)c2cn[nH]c2C)cc1Cl. The number of halogens is 2. The number of carbonyl (C=O) groups excluding carboxylic acids is 1. The molecule has 2 aromatic rings. The van der Waals surface area contributed by atoms with Crippen molar-refractivity contribution in [2.24, 2.45) is 0 Å². The van der Waals surface area contributed by atoms with Gasteiger partial charge in [-0.1, -0.05) is 11.6 Å². The lowest BCUT2D eigenvalue weighted by Crippen LogP contribution is -2.12. The molecule has 4 nitrogen and oxygen atoms in total. The van der Waals surface area contributed by atoms with Crippen molar-refractivity contribution in [1.82, 2.24) is 10.2 Å². The fourth-order valence-electron chi connectivity index (χ4n) is 1.51. The zero-order valence-corrected chi connectivity index (χ0v) is 12.2. The summed E-state index contributed by atoms with van der Waals surface area (Å²) in [5, 5.41) is 9.94. The van der Waals surface area contributed by atoms with Crippen molar-refractivity contribution in [2.75, 3.05) is 5.32 Å². The minimum atomic E-state index is -0.220. The number of amides is 1. The van der Waals surface area contributed by atoms with Crippen LogP contribution >= 0.6 is 27.5 Å². The highest BCUT2D eigenvalue weighted by Gasteiger charge is 2.13. The number of nitrogens with one attached hydrogen (secondary N) is 2. The Morgan fingerprint density at radius 2 is 2.17 bits per heavy atom. The van der Waals surface area contributed by atoms with Crippen molar-refractivity contribution < 1.29 is 4.79 Å². The quantitative estimate of drug-likeness (QED) is 0.883. The van der Waals surface area contributed by atoms with Gasteiger partial charge in [0.25, 0.3) is 5.91 Å². The molecule has 0 aliphatic heterocycles. The Labute approximate surface area is 118 Å². The van der Waals surface area contributed by atoms with Crippen molar-refractivity contribution in [3.63, 3.8) is 0 Å². The molecule has 1 amide bonds. The molecular weight excluding hydrogens is 318 g/mol. The van der Waals surface area contributed by atoms with E-state index in [1.165, 1.54) is 6.20 Å². The number of rotatable bonds is 2. The Hall–Kier alpha value is -1.33. The number of aryl methyl sites for hydroxylation is 2. The van der Waals surface area contributed by atoms with Crippen LogP contribution in [0.5, 0.6) is 0 Å². The van der Waals surface area contributed by atoms with E-state index >= 15 is 0 Å². The highest BCUT2D eigenvalue weighted by molar-refractivity contribution is 9.10. The van der Waals surface area contributed by atoms with E-state index in [1.54, 1.807) is 13.0 Å². The first-order valence-corrected chi connectivity index (χ1v) is 6.43. The number of H-pyrrole nitrogens is 1. The molecule has 6 heteroatoms. The van der Waals surface area contributed by atoms with Crippen LogP contribution in [-0.2, 0) is 0 Å². The van der Waals surface area contributed by atoms with Gasteiger partial charge in [0.05, 0.1) is 17.4 Å². The van der Waals surface area contributed by atoms with E-state index in [0.29, 0.717) is 16.3 Å². The molecule has 0 radical (unpaired) electrons. The molecule has 94 valence electrons. The van der Waals surface area contributed by atoms with Crippen LogP contribution in [0.3, 0.4) is 0 Å². The van der Waals surface area contributed by atoms with Gasteiger partial charge in [-0.15, -0.1) is 0 Å². The van der Waals surface area contributed by atoms with Crippen molar-refractivity contribution in [2.45, 2.75) is 13.8 Å². The maximum atomic E-state index is 12.0. The van der Waals surface area contributed by atoms with E-state index in [-0.39, 0.29) is 5.91 Å². The van der Waals surface area contributed by atoms with E-state index < -0.39 is 0 Å². The van der Waals surface area contributed by atoms with Crippen LogP contribution in [0, 0.1) is 13.8 Å². The standard InChI is InChI=1S/C12H11BrClN3O/c1-6-3-9(13)11(4-10(6)14)16-12(18)8-5-15-17-7(8)2/h3-5H,1-2H3,(H,15,17)(H,16,18). The van der Waals surface area contributed by atoms with Gasteiger partial charge >= 0.3 is 0 Å². The van der Waals surface area contributed by atoms with Gasteiger partial charge in [0.1, 0.15) is 0 Å². The van der Waals surface area contributed by atoms with Crippen LogP contribution < -0.4 is 5.32 Å². The van der Waals surface area contributed by atoms with Gasteiger partial charge in [-0.3, -0.25) is 9.89 Å². The van der Waals surface area contributed by atoms with Crippen LogP contribution in [0.1, 0.15) is 21.6 Å². The fraction of sp³-hybridized carbons (Fsp3) is 0.167. The number of hydrogen-bond donors (Lipinski definition) is 2. The summed E-state index contributed by atoms with van der Waals surface area (Å²) < 4.78 is 0.791. The van der Waals surface area contributed by atoms with Crippen molar-refractivity contribution in [3.05, 3.63) is 44.6 Å². The molecular formula is C12H11BrClN3O. The normalized spacial score (nSPS) is 10.4. The largest absolute Gasteiger partial charge is 0.321 e. The van der Waals surface area contributed by atoms with Crippen LogP contribution in [0.2, 0.25) is 5.02 Å². The first kappa shape index (κ1) is 13.1. The van der Waals surface area contributed by atoms with E-state index in [9.17, 15) is 4.79 Å². The van der Waals surface area contributed by atoms with E-state index in [2.05, 4.69) is 31.4 Å². The Kier molecular flexibility index (Phi) is 3.73. The minimum absolute atomic E-state index is 0.220. The maximum absolute atomic E-state index is 12.0. The van der Waals surface area contributed by atoms with Crippen LogP contribution in [0.25, 0.3) is 0 Å². The topological polar surface area (TPSA) is 57.8 Å². The van der Waals surface area contributed by atoms with E-state index in [4.69, 9.17) is 11.6 Å². The molecule has 0 bridgehead atoms. The lowest BCUT2D eigenvalue weighted by molar-refractivity contribution is 0.102. The Morgan fingerprint density at radius 3 is 2.78 bits per heavy atom. The molecule has 0 unspecified atom stereocenters. The summed E-state index contributed by atoms with van der Waals surface area (Å²) in [4.78, 5) is 12.0. The summed E-state index contributed by atoms with van der Waals surface area (Å²) in [5.74, 6) is -0.220. The second-order valence-corrected chi connectivity index (χ2v) is 5.21. The van der Waals surface area contributed by atoms with Crippen molar-refractivity contribution in [3.8, 4) is 0 Å². The van der Waals surface area contributed by atoms with Crippen LogP contribution in [0.15, 0.2) is 22.8 Å². The molecule has 0 spiro atoms. The first-order valence-electron chi connectivity index (χ1n) is 5.26. The molecule has 1 aromatic carbocycles. The number of anilines is 1. The number of aromatic amines is 1. The van der Waals surface area contributed by atoms with E-state index in [1.807, 2.05) is 13.0 Å². The highest BCUT2D eigenvalue weighted by atomic mass is 79.9. The number of hydrogen-bond acceptors (Lipinski definition) is 2. The molecule has 0 aliphatic rings. The number of benzene rings is 1. The first-order chi connectivity index (χ1) is 8.49. The highest BCUT2D eigenvalue weighted by Crippen LogP contribution is 2.29. The lowest BCUT2D eigenvalue weighted by atomic mass is 10.2. The van der Waals surface area contributed by atoms with Gasteiger partial charge in [-0.25, -0.2) is 0 Å². The number of nitrogens with zero attached hydrogens (tertiary/aromatic N) is 1. The van der Waals surface area contributed by atoms with Gasteiger partial charge in [0.2, 0.25) is 0 Å². The third-order valence-corrected chi connectivity index (χ3v) is 3.63. The molecule has 0 aliphatic carbocycles. The predicted molar refractivity (Wildman–Crippen MR) is 75.2 cm³/mol. The summed E-state index contributed by atoms with van der Waals surface area (Å²) in [6.07, 6.45) is 1.49. The van der Waals surface area contributed by atoms with Gasteiger partial charge in [-0.2, -0.15) is 5.10 Å². The zero-order chi connectivity index (χ0) is 13.3. The molecule has 0 saturated heterocycles. The third-order valence-electron chi connectivity index (χ3n) is 2.57. The molecule has 0 saturated carbocycles. The fourth-order valence-corrected chi connectivity index (χ4v) is 2.23. The lowest BCUT2D eigenvalue weighted by Gasteiger charge is -2.09. The average molecular weight is 329 g/mol. The summed E-state index contributed by atoms with van der Waals surface area (Å²) in [6, 6.07) is 3.58. The second kappa shape index (κ2) is 5.12. The van der Waals surface area contributed by atoms with Crippen molar-refractivity contribution >= 4 is 39.1 Å². The summed E-state index contributed by atoms with van der Waals surface area (Å²) in [7, 11) is 0. The molecule has 1 heterocycles. The predicted octanol–water partition coefficient (Wildman–Crippen LogP) is 3.69. The summed E-state index contributed by atoms with van der Waals surface area (Å²) in [5.41, 5.74) is 2.82. The molecule has 18 heavy (non-hydrogen) atoms. The third kappa shape index (κ3) is 2.57. The minimum Gasteiger partial charge on any atom is -0.321 e. The average Bonchev–Trinajstić information content (AvgIpc) is 2.72. The number of aromatic nitrogens is 2. The van der Waals surface area contributed by atoms with Crippen LogP contribution in [-0.4, -0.2) is 16.1 Å². The zero-order valence-electron chi connectivity index (χ0n) is 9.84.